The minimum Gasteiger partial charge on any atom is -0.399 e. The molecule has 4 aromatic rings. The third-order valence-electron chi connectivity index (χ3n) is 7.90. The Hall–Kier alpha value is -4.39. The number of carbonyl (C=O) groups is 2. The van der Waals surface area contributed by atoms with Gasteiger partial charge in [-0.05, 0) is 59.4 Å². The second-order valence-corrected chi connectivity index (χ2v) is 11.3. The average molecular weight is 593 g/mol. The number of hydrogen-bond donors (Lipinski definition) is 3. The van der Waals surface area contributed by atoms with Gasteiger partial charge in [-0.25, -0.2) is 0 Å². The molecule has 0 spiro atoms. The maximum absolute atomic E-state index is 14.1. The van der Waals surface area contributed by atoms with Crippen molar-refractivity contribution in [3.63, 3.8) is 0 Å². The van der Waals surface area contributed by atoms with Crippen molar-refractivity contribution in [2.75, 3.05) is 25.4 Å². The number of amides is 2. The van der Waals surface area contributed by atoms with E-state index in [4.69, 9.17) is 17.3 Å². The van der Waals surface area contributed by atoms with E-state index < -0.39 is 6.04 Å². The molecule has 6 nitrogen and oxygen atoms in total. The van der Waals surface area contributed by atoms with Gasteiger partial charge < -0.3 is 21.3 Å². The lowest BCUT2D eigenvalue weighted by atomic mass is 9.90. The molecule has 2 unspecified atom stereocenters. The molecular formula is C36H37ClN4O2. The molecule has 1 heterocycles. The molecule has 1 aliphatic rings. The predicted octanol–water partition coefficient (Wildman–Crippen LogP) is 5.69. The molecule has 2 amide bonds. The molecule has 0 aromatic heterocycles. The molecule has 0 bridgehead atoms. The van der Waals surface area contributed by atoms with Crippen molar-refractivity contribution in [3.8, 4) is 0 Å². The molecule has 43 heavy (non-hydrogen) atoms. The van der Waals surface area contributed by atoms with Crippen LogP contribution in [0.25, 0.3) is 6.08 Å². The van der Waals surface area contributed by atoms with Crippen molar-refractivity contribution in [2.45, 2.75) is 30.8 Å². The second-order valence-electron chi connectivity index (χ2n) is 10.9. The highest BCUT2D eigenvalue weighted by molar-refractivity contribution is 6.30. The van der Waals surface area contributed by atoms with Crippen molar-refractivity contribution < 1.29 is 9.59 Å². The first-order valence-corrected chi connectivity index (χ1v) is 15.0. The molecule has 4 aromatic carbocycles. The first-order chi connectivity index (χ1) is 21.0. The van der Waals surface area contributed by atoms with Gasteiger partial charge >= 0.3 is 0 Å². The van der Waals surface area contributed by atoms with Gasteiger partial charge in [0.25, 0.3) is 0 Å². The number of carbonyl (C=O) groups excluding carboxylic acids is 2. The largest absolute Gasteiger partial charge is 0.399 e. The van der Waals surface area contributed by atoms with Crippen LogP contribution in [0.15, 0.2) is 115 Å². The standard InChI is InChI=1S/C36H37ClN4O2/c37-30-18-15-26(16-19-30)17-20-35(42)39-24-31-21-22-41(36(43)34(40-31)23-29-13-7-8-14-33(29)38)25-32(27-9-3-1-4-10-27)28-11-5-2-6-12-28/h1-20,31-32,34,40H,21-25,38H2,(H,39,42)/b20-17+. The van der Waals surface area contributed by atoms with Gasteiger partial charge in [-0.1, -0.05) is 103 Å². The SMILES string of the molecule is Nc1ccccc1CC1NC(CNC(=O)/C=C/c2ccc(Cl)cc2)CCN(CC(c2ccccc2)c2ccccc2)C1=O. The number of halogens is 1. The Labute approximate surface area is 258 Å². The lowest BCUT2D eigenvalue weighted by Gasteiger charge is -2.29. The fraction of sp³-hybridized carbons (Fsp3) is 0.222. The molecule has 220 valence electrons. The maximum Gasteiger partial charge on any atom is 0.244 e. The molecule has 7 heteroatoms. The Bertz CT molecular complexity index is 1490. The first kappa shape index (κ1) is 30.1. The number of nitrogens with two attached hydrogens (primary N) is 1. The maximum atomic E-state index is 14.1. The van der Waals surface area contributed by atoms with Crippen LogP contribution in [0, 0.1) is 0 Å². The third kappa shape index (κ3) is 8.34. The summed E-state index contributed by atoms with van der Waals surface area (Å²) in [5, 5.41) is 7.22. The normalized spacial score (nSPS) is 17.3. The zero-order valence-corrected chi connectivity index (χ0v) is 24.8. The van der Waals surface area contributed by atoms with Crippen LogP contribution in [0.3, 0.4) is 0 Å². The van der Waals surface area contributed by atoms with Crippen LogP contribution >= 0.6 is 11.6 Å². The summed E-state index contributed by atoms with van der Waals surface area (Å²) in [5.74, 6) is -0.124. The summed E-state index contributed by atoms with van der Waals surface area (Å²) in [4.78, 5) is 28.8. The van der Waals surface area contributed by atoms with Crippen LogP contribution in [-0.2, 0) is 16.0 Å². The predicted molar refractivity (Wildman–Crippen MR) is 175 cm³/mol. The fourth-order valence-corrected chi connectivity index (χ4v) is 5.66. The molecule has 0 aliphatic carbocycles. The quantitative estimate of drug-likeness (QED) is 0.163. The van der Waals surface area contributed by atoms with Gasteiger partial charge in [-0.3, -0.25) is 9.59 Å². The minimum absolute atomic E-state index is 0.0306. The van der Waals surface area contributed by atoms with Gasteiger partial charge in [0.1, 0.15) is 0 Å². The monoisotopic (exact) mass is 592 g/mol. The van der Waals surface area contributed by atoms with Crippen molar-refractivity contribution in [3.05, 3.63) is 143 Å². The van der Waals surface area contributed by atoms with Crippen LogP contribution in [0.2, 0.25) is 5.02 Å². The van der Waals surface area contributed by atoms with Gasteiger partial charge in [0.2, 0.25) is 11.8 Å². The van der Waals surface area contributed by atoms with Crippen molar-refractivity contribution >= 4 is 35.2 Å². The van der Waals surface area contributed by atoms with Crippen molar-refractivity contribution in [1.82, 2.24) is 15.5 Å². The lowest BCUT2D eigenvalue weighted by Crippen LogP contribution is -2.50. The highest BCUT2D eigenvalue weighted by Gasteiger charge is 2.33. The summed E-state index contributed by atoms with van der Waals surface area (Å²) in [7, 11) is 0. The van der Waals surface area contributed by atoms with Crippen molar-refractivity contribution in [1.29, 1.82) is 0 Å². The summed E-state index contributed by atoms with van der Waals surface area (Å²) in [6, 6.07) is 35.0. The molecule has 1 fully saturated rings. The molecule has 1 aliphatic heterocycles. The van der Waals surface area contributed by atoms with E-state index in [0.717, 1.165) is 11.1 Å². The van der Waals surface area contributed by atoms with Gasteiger partial charge in [0.15, 0.2) is 0 Å². The topological polar surface area (TPSA) is 87.5 Å². The van der Waals surface area contributed by atoms with E-state index in [9.17, 15) is 9.59 Å². The Morgan fingerprint density at radius 3 is 2.21 bits per heavy atom. The fourth-order valence-electron chi connectivity index (χ4n) is 5.53. The Morgan fingerprint density at radius 1 is 0.930 bits per heavy atom. The summed E-state index contributed by atoms with van der Waals surface area (Å²) in [5.41, 5.74) is 11.1. The summed E-state index contributed by atoms with van der Waals surface area (Å²) in [6.45, 7) is 1.52. The van der Waals surface area contributed by atoms with Crippen LogP contribution < -0.4 is 16.4 Å². The van der Waals surface area contributed by atoms with E-state index in [0.29, 0.717) is 43.2 Å². The number of hydrogen-bond acceptors (Lipinski definition) is 4. The van der Waals surface area contributed by atoms with Crippen LogP contribution in [0.5, 0.6) is 0 Å². The molecule has 0 radical (unpaired) electrons. The molecular weight excluding hydrogens is 556 g/mol. The number of benzene rings is 4. The minimum atomic E-state index is -0.481. The molecule has 5 rings (SSSR count). The Morgan fingerprint density at radius 2 is 1.56 bits per heavy atom. The van der Waals surface area contributed by atoms with Crippen LogP contribution in [0.4, 0.5) is 5.69 Å². The summed E-state index contributed by atoms with van der Waals surface area (Å²) in [6.07, 6.45) is 4.43. The van der Waals surface area contributed by atoms with Crippen molar-refractivity contribution in [2.24, 2.45) is 0 Å². The van der Waals surface area contributed by atoms with Gasteiger partial charge in [-0.15, -0.1) is 0 Å². The van der Waals surface area contributed by atoms with E-state index in [2.05, 4.69) is 34.9 Å². The van der Waals surface area contributed by atoms with E-state index in [1.54, 1.807) is 18.2 Å². The number of rotatable bonds is 10. The lowest BCUT2D eigenvalue weighted by molar-refractivity contribution is -0.132. The summed E-state index contributed by atoms with van der Waals surface area (Å²) >= 11 is 5.96. The molecule has 1 saturated heterocycles. The van der Waals surface area contributed by atoms with Gasteiger partial charge in [-0.2, -0.15) is 0 Å². The zero-order chi connectivity index (χ0) is 30.0. The van der Waals surface area contributed by atoms with E-state index >= 15 is 0 Å². The number of anilines is 1. The number of para-hydroxylation sites is 1. The number of nitrogen functional groups attached to an aromatic ring is 1. The number of nitrogens with zero attached hydrogens (tertiary/aromatic N) is 1. The highest BCUT2D eigenvalue weighted by atomic mass is 35.5. The second kappa shape index (κ2) is 14.7. The summed E-state index contributed by atoms with van der Waals surface area (Å²) < 4.78 is 0. The van der Waals surface area contributed by atoms with E-state index in [1.807, 2.05) is 77.7 Å². The average Bonchev–Trinajstić information content (AvgIpc) is 3.18. The third-order valence-corrected chi connectivity index (χ3v) is 8.15. The van der Waals surface area contributed by atoms with Crippen LogP contribution in [-0.4, -0.2) is 48.4 Å². The van der Waals surface area contributed by atoms with E-state index in [1.165, 1.54) is 17.2 Å². The molecule has 0 saturated carbocycles. The number of nitrogens with one attached hydrogen (secondary N) is 2. The van der Waals surface area contributed by atoms with Crippen LogP contribution in [0.1, 0.15) is 34.6 Å². The smallest absolute Gasteiger partial charge is 0.244 e. The Kier molecular flexibility index (Phi) is 10.3. The first-order valence-electron chi connectivity index (χ1n) is 14.7. The zero-order valence-electron chi connectivity index (χ0n) is 24.0. The van der Waals surface area contributed by atoms with Gasteiger partial charge in [0, 0.05) is 48.4 Å². The molecule has 4 N–H and O–H groups in total. The van der Waals surface area contributed by atoms with E-state index in [-0.39, 0.29) is 23.8 Å². The van der Waals surface area contributed by atoms with Gasteiger partial charge in [0.05, 0.1) is 6.04 Å². The molecule has 2 atom stereocenters. The Balaban J connectivity index is 1.33. The highest BCUT2D eigenvalue weighted by Crippen LogP contribution is 2.27.